The number of hydrogen-bond acceptors (Lipinski definition) is 14. The third-order valence-corrected chi connectivity index (χ3v) is 13.1. The van der Waals surface area contributed by atoms with Crippen LogP contribution in [0.5, 0.6) is 5.75 Å². The van der Waals surface area contributed by atoms with Crippen LogP contribution in [-0.4, -0.2) is 97.7 Å². The minimum absolute atomic E-state index is 0.00141. The number of benzene rings is 2. The Balaban J connectivity index is 0.760. The Morgan fingerprint density at radius 1 is 0.985 bits per heavy atom. The van der Waals surface area contributed by atoms with Crippen LogP contribution in [0.1, 0.15) is 78.7 Å². The normalized spacial score (nSPS) is 19.4. The van der Waals surface area contributed by atoms with E-state index in [0.29, 0.717) is 99.7 Å². The van der Waals surface area contributed by atoms with Crippen LogP contribution >= 0.6 is 22.9 Å². The molecule has 1 saturated heterocycles. The number of halogens is 2. The fraction of sp³-hybridized carbons (Fsp3) is 0.413. The summed E-state index contributed by atoms with van der Waals surface area (Å²) in [6, 6.07) is 14.8. The number of carbonyl (C=O) groups excluding carboxylic acids is 5. The first-order valence-electron chi connectivity index (χ1n) is 22.0. The predicted octanol–water partition coefficient (Wildman–Crippen LogP) is 5.81. The number of amides is 4. The predicted molar refractivity (Wildman–Crippen MR) is 243 cm³/mol. The van der Waals surface area contributed by atoms with Gasteiger partial charge in [-0.1, -0.05) is 35.0 Å². The third-order valence-electron chi connectivity index (χ3n) is 12.2. The Morgan fingerprint density at radius 3 is 2.64 bits per heavy atom. The van der Waals surface area contributed by atoms with E-state index in [-0.39, 0.29) is 72.6 Å². The molecular weight excluding hydrogens is 891 g/mol. The number of ether oxygens (including phenoxy) is 2. The number of imide groups is 1. The summed E-state index contributed by atoms with van der Waals surface area (Å²) in [5.41, 5.74) is 2.37. The molecule has 0 spiro atoms. The van der Waals surface area contributed by atoms with Gasteiger partial charge in [0.2, 0.25) is 17.7 Å². The fourth-order valence-electron chi connectivity index (χ4n) is 8.68. The number of ketones is 1. The zero-order chi connectivity index (χ0) is 46.0. The molecule has 5 heterocycles. The first-order valence-corrected chi connectivity index (χ1v) is 23.3. The summed E-state index contributed by atoms with van der Waals surface area (Å²) in [6.07, 6.45) is 7.22. The second kappa shape index (κ2) is 21.4. The van der Waals surface area contributed by atoms with E-state index < -0.39 is 23.2 Å². The van der Waals surface area contributed by atoms with Crippen LogP contribution in [0.2, 0.25) is 5.02 Å². The van der Waals surface area contributed by atoms with Gasteiger partial charge in [0, 0.05) is 97.4 Å². The maximum absolute atomic E-state index is 14.7. The number of nitrogens with one attached hydrogen (secondary N) is 4. The van der Waals surface area contributed by atoms with Gasteiger partial charge >= 0.3 is 0 Å². The highest BCUT2D eigenvalue weighted by Crippen LogP contribution is 2.43. The average molecular weight is 941 g/mol. The Kier molecular flexibility index (Phi) is 15.1. The second-order valence-corrected chi connectivity index (χ2v) is 17.9. The molecule has 66 heavy (non-hydrogen) atoms. The van der Waals surface area contributed by atoms with Crippen molar-refractivity contribution in [1.82, 2.24) is 40.5 Å². The zero-order valence-corrected chi connectivity index (χ0v) is 37.7. The van der Waals surface area contributed by atoms with E-state index in [9.17, 15) is 28.4 Å². The number of hydrogen-bond donors (Lipinski definition) is 4. The smallest absolute Gasteiger partial charge is 0.255 e. The number of carbonyl (C=O) groups is 5. The lowest BCUT2D eigenvalue weighted by Crippen LogP contribution is -2.52. The molecule has 2 aliphatic heterocycles. The van der Waals surface area contributed by atoms with Crippen molar-refractivity contribution in [3.05, 3.63) is 106 Å². The Hall–Kier alpha value is -6.15. The lowest BCUT2D eigenvalue weighted by Gasteiger charge is -2.39. The summed E-state index contributed by atoms with van der Waals surface area (Å²) >= 11 is 7.47. The lowest BCUT2D eigenvalue weighted by atomic mass is 9.66. The third kappa shape index (κ3) is 11.4. The van der Waals surface area contributed by atoms with Crippen molar-refractivity contribution < 1.29 is 37.8 Å². The van der Waals surface area contributed by atoms with Crippen LogP contribution in [0.25, 0.3) is 0 Å². The molecule has 5 aromatic rings. The van der Waals surface area contributed by atoms with E-state index in [1.807, 2.05) is 29.8 Å². The van der Waals surface area contributed by atoms with Gasteiger partial charge in [-0.3, -0.25) is 29.3 Å². The highest BCUT2D eigenvalue weighted by atomic mass is 35.5. The number of rotatable bonds is 21. The first-order chi connectivity index (χ1) is 32.0. The van der Waals surface area contributed by atoms with Gasteiger partial charge in [-0.2, -0.15) is 0 Å². The van der Waals surface area contributed by atoms with Crippen molar-refractivity contribution in [3.8, 4) is 5.75 Å². The van der Waals surface area contributed by atoms with Gasteiger partial charge < -0.3 is 30.3 Å². The number of anilines is 3. The van der Waals surface area contributed by atoms with Gasteiger partial charge in [0.1, 0.15) is 17.6 Å². The van der Waals surface area contributed by atoms with Crippen molar-refractivity contribution in [2.24, 2.45) is 5.41 Å². The monoisotopic (exact) mass is 940 g/mol. The van der Waals surface area contributed by atoms with E-state index in [1.165, 1.54) is 22.3 Å². The number of nitrogens with zero attached hydrogens (tertiary/aromatic N) is 6. The molecular formula is C46H50ClFN10O7S. The number of thiazole rings is 1. The van der Waals surface area contributed by atoms with Crippen molar-refractivity contribution in [2.75, 3.05) is 36.9 Å². The topological polar surface area (TPSA) is 212 Å². The number of aromatic nitrogens is 5. The molecule has 4 amide bonds. The summed E-state index contributed by atoms with van der Waals surface area (Å²) in [5, 5.41) is 22.8. The summed E-state index contributed by atoms with van der Waals surface area (Å²) in [5.74, 6) is -1.10. The van der Waals surface area contributed by atoms with Crippen LogP contribution in [0.15, 0.2) is 72.4 Å². The maximum Gasteiger partial charge on any atom is 0.255 e. The largest absolute Gasteiger partial charge is 0.487 e. The summed E-state index contributed by atoms with van der Waals surface area (Å²) < 4.78 is 28.2. The van der Waals surface area contributed by atoms with Crippen molar-refractivity contribution >= 4 is 69.0 Å². The molecule has 3 aliphatic rings. The average Bonchev–Trinajstić information content (AvgIpc) is 4.08. The maximum atomic E-state index is 14.7. The van der Waals surface area contributed by atoms with Crippen molar-refractivity contribution in [2.45, 2.75) is 89.4 Å². The lowest BCUT2D eigenvalue weighted by molar-refractivity contribution is -0.137. The van der Waals surface area contributed by atoms with Crippen molar-refractivity contribution in [1.29, 1.82) is 0 Å². The number of piperidine rings is 1. The molecule has 3 aromatic heterocycles. The van der Waals surface area contributed by atoms with Gasteiger partial charge in [-0.15, -0.1) is 16.4 Å². The van der Waals surface area contributed by atoms with E-state index in [2.05, 4.69) is 36.6 Å². The van der Waals surface area contributed by atoms with E-state index in [0.717, 1.165) is 10.8 Å². The molecule has 346 valence electrons. The number of Topliss-reactive ketones (excluding diaryl/α,β-unsaturated/α-hetero) is 1. The second-order valence-electron chi connectivity index (χ2n) is 16.6. The van der Waals surface area contributed by atoms with Gasteiger partial charge in [0.15, 0.2) is 16.7 Å². The highest BCUT2D eigenvalue weighted by molar-refractivity contribution is 7.13. The quantitative estimate of drug-likeness (QED) is 0.0506. The van der Waals surface area contributed by atoms with E-state index in [1.54, 1.807) is 41.2 Å². The Bertz CT molecular complexity index is 2550. The Labute approximate surface area is 389 Å². The minimum Gasteiger partial charge on any atom is -0.487 e. The standard InChI is InChI=1S/C46H50ClFN10O7S/c47-34-6-3-8-37(42(34)48)65-31-14-17-46(18-15-31,26-29-4-1-9-39(51-29)53-45-50-21-25-66-45)38(59)12-10-30-27-57(56-55-30)22-24-64-23-20-49-19-16-41(61)52-35-7-2-5-32-33(35)28-58(44(32)63)36-11-13-40(60)54-43(36)62/h1-9,21,25,27,31,36,49H,10-20,22-24,26,28H2,(H,52,61)(H,50,51,53)(H,54,60,62). The van der Waals surface area contributed by atoms with Gasteiger partial charge in [0.05, 0.1) is 36.6 Å². The van der Waals surface area contributed by atoms with Crippen LogP contribution in [0.3, 0.4) is 0 Å². The Morgan fingerprint density at radius 2 is 1.82 bits per heavy atom. The molecule has 8 rings (SSSR count). The molecule has 2 aromatic carbocycles. The van der Waals surface area contributed by atoms with E-state index >= 15 is 0 Å². The summed E-state index contributed by atoms with van der Waals surface area (Å²) in [4.78, 5) is 74.8. The molecule has 17 nitrogen and oxygen atoms in total. The number of fused-ring (bicyclic) bond motifs is 1. The molecule has 2 fully saturated rings. The molecule has 1 atom stereocenters. The summed E-state index contributed by atoms with van der Waals surface area (Å²) in [6.45, 7) is 2.34. The van der Waals surface area contributed by atoms with E-state index in [4.69, 9.17) is 26.1 Å². The first kappa shape index (κ1) is 46.4. The molecule has 20 heteroatoms. The van der Waals surface area contributed by atoms with Gasteiger partial charge in [0.25, 0.3) is 5.91 Å². The minimum atomic E-state index is -0.735. The summed E-state index contributed by atoms with van der Waals surface area (Å²) in [7, 11) is 0. The number of pyridine rings is 1. The zero-order valence-electron chi connectivity index (χ0n) is 36.1. The molecule has 1 aliphatic carbocycles. The highest BCUT2D eigenvalue weighted by Gasteiger charge is 2.43. The van der Waals surface area contributed by atoms with Crippen LogP contribution in [0.4, 0.5) is 21.0 Å². The van der Waals surface area contributed by atoms with Gasteiger partial charge in [-0.05, 0) is 68.5 Å². The van der Waals surface area contributed by atoms with Crippen molar-refractivity contribution in [3.63, 3.8) is 0 Å². The van der Waals surface area contributed by atoms with Gasteiger partial charge in [-0.25, -0.2) is 19.0 Å². The molecule has 0 bridgehead atoms. The number of aryl methyl sites for hydroxylation is 1. The molecule has 0 radical (unpaired) electrons. The van der Waals surface area contributed by atoms with Crippen LogP contribution in [-0.2, 0) is 49.8 Å². The molecule has 1 saturated carbocycles. The molecule has 4 N–H and O–H groups in total. The van der Waals surface area contributed by atoms with Crippen LogP contribution < -0.4 is 26.0 Å². The fourth-order valence-corrected chi connectivity index (χ4v) is 9.38. The molecule has 1 unspecified atom stereocenters. The SMILES string of the molecule is O=C1CCC(N2Cc3c(NC(=O)CCNCCOCCn4cc(CCC(=O)C5(Cc6cccc(Nc7nccs7)n6)CCC(Oc6cccc(Cl)c6F)CC5)nn4)cccc3C2=O)C(=O)N1. The van der Waals surface area contributed by atoms with Crippen LogP contribution in [0, 0.1) is 11.2 Å².